The first-order chi connectivity index (χ1) is 12.2. The molecule has 0 fully saturated rings. The molecule has 0 aromatic rings. The Morgan fingerprint density at radius 3 is 1.85 bits per heavy atom. The number of carboxylic acids is 1. The van der Waals surface area contributed by atoms with Crippen LogP contribution in [0.3, 0.4) is 0 Å². The van der Waals surface area contributed by atoms with Crippen LogP contribution in [-0.4, -0.2) is 53.4 Å². The molecule has 4 amide bonds. The van der Waals surface area contributed by atoms with E-state index in [9.17, 15) is 19.2 Å². The SMILES string of the molecule is NC(=O)NCCCC[C@H](NSC(=O)[C@@H](N)CCCCNC(N)=O)C(=O)O. The Balaban J connectivity index is 3.99. The Labute approximate surface area is 156 Å². The van der Waals surface area contributed by atoms with Gasteiger partial charge in [-0.2, -0.15) is 0 Å². The topological polar surface area (TPSA) is 203 Å². The van der Waals surface area contributed by atoms with Crippen LogP contribution in [0.2, 0.25) is 0 Å². The minimum atomic E-state index is -1.07. The molecule has 12 heteroatoms. The lowest BCUT2D eigenvalue weighted by Crippen LogP contribution is -2.37. The molecule has 2 atom stereocenters. The standard InChI is InChI=1S/C14H28N6O5S/c15-9(5-1-3-7-18-13(16)24)12(23)26-20-10(11(21)22)6-2-4-8-19-14(17)25/h9-10,20H,1-8,15H2,(H,21,22)(H3,16,18,24)(H3,17,19,25)/t9-,10-/m0/s1. The van der Waals surface area contributed by atoms with E-state index < -0.39 is 30.1 Å². The van der Waals surface area contributed by atoms with E-state index in [1.807, 2.05) is 0 Å². The first-order valence-corrected chi connectivity index (χ1v) is 9.07. The van der Waals surface area contributed by atoms with Gasteiger partial charge < -0.3 is 32.9 Å². The maximum Gasteiger partial charge on any atom is 0.321 e. The van der Waals surface area contributed by atoms with E-state index in [1.165, 1.54) is 0 Å². The summed E-state index contributed by atoms with van der Waals surface area (Å²) in [6.45, 7) is 0.774. The Kier molecular flexibility index (Phi) is 13.0. The number of carbonyl (C=O) groups excluding carboxylic acids is 3. The molecule has 0 aliphatic heterocycles. The second-order valence-electron chi connectivity index (χ2n) is 5.61. The number of unbranched alkanes of at least 4 members (excludes halogenated alkanes) is 2. The van der Waals surface area contributed by atoms with Gasteiger partial charge >= 0.3 is 18.0 Å². The van der Waals surface area contributed by atoms with Gasteiger partial charge in [0.15, 0.2) is 0 Å². The van der Waals surface area contributed by atoms with Crippen LogP contribution in [0.4, 0.5) is 9.59 Å². The predicted molar refractivity (Wildman–Crippen MR) is 98.0 cm³/mol. The average molecular weight is 392 g/mol. The van der Waals surface area contributed by atoms with Gasteiger partial charge in [-0.05, 0) is 50.5 Å². The molecule has 11 nitrogen and oxygen atoms in total. The molecule has 0 aromatic heterocycles. The molecule has 0 heterocycles. The van der Waals surface area contributed by atoms with Crippen LogP contribution < -0.4 is 32.6 Å². The van der Waals surface area contributed by atoms with Crippen molar-refractivity contribution in [2.24, 2.45) is 17.2 Å². The van der Waals surface area contributed by atoms with Gasteiger partial charge in [0.25, 0.3) is 0 Å². The van der Waals surface area contributed by atoms with Crippen molar-refractivity contribution < 1.29 is 24.3 Å². The van der Waals surface area contributed by atoms with Crippen LogP contribution in [0.15, 0.2) is 0 Å². The number of urea groups is 2. The van der Waals surface area contributed by atoms with Crippen LogP contribution in [0.25, 0.3) is 0 Å². The third-order valence-electron chi connectivity index (χ3n) is 3.36. The zero-order valence-electron chi connectivity index (χ0n) is 14.5. The smallest absolute Gasteiger partial charge is 0.321 e. The predicted octanol–water partition coefficient (Wildman–Crippen LogP) is -0.791. The third-order valence-corrected chi connectivity index (χ3v) is 4.27. The maximum atomic E-state index is 11.9. The molecule has 0 unspecified atom stereocenters. The van der Waals surface area contributed by atoms with E-state index in [0.29, 0.717) is 63.6 Å². The minimum absolute atomic E-state index is 0.296. The number of aliphatic carboxylic acids is 1. The summed E-state index contributed by atoms with van der Waals surface area (Å²) in [6, 6.07) is -2.85. The maximum absolute atomic E-state index is 11.9. The average Bonchev–Trinajstić information content (AvgIpc) is 2.55. The van der Waals surface area contributed by atoms with Gasteiger partial charge in [-0.25, -0.2) is 14.3 Å². The Hall–Kier alpha value is -2.05. The highest BCUT2D eigenvalue weighted by Gasteiger charge is 2.20. The summed E-state index contributed by atoms with van der Waals surface area (Å²) < 4.78 is 2.62. The van der Waals surface area contributed by atoms with Crippen molar-refractivity contribution in [3.8, 4) is 0 Å². The summed E-state index contributed by atoms with van der Waals surface area (Å²) in [5.74, 6) is -1.07. The second kappa shape index (κ2) is 14.2. The molecular weight excluding hydrogens is 364 g/mol. The fourth-order valence-corrected chi connectivity index (χ4v) is 2.69. The first-order valence-electron chi connectivity index (χ1n) is 8.25. The van der Waals surface area contributed by atoms with Crippen molar-refractivity contribution in [1.82, 2.24) is 15.4 Å². The van der Waals surface area contributed by atoms with Gasteiger partial charge in [0, 0.05) is 13.1 Å². The van der Waals surface area contributed by atoms with Crippen LogP contribution >= 0.6 is 11.9 Å². The Morgan fingerprint density at radius 1 is 0.885 bits per heavy atom. The normalized spacial score (nSPS) is 12.8. The molecule has 10 N–H and O–H groups in total. The zero-order chi connectivity index (χ0) is 19.9. The molecule has 0 bridgehead atoms. The van der Waals surface area contributed by atoms with E-state index >= 15 is 0 Å². The highest BCUT2D eigenvalue weighted by Crippen LogP contribution is 2.10. The lowest BCUT2D eigenvalue weighted by molar-refractivity contribution is -0.139. The van der Waals surface area contributed by atoms with Crippen LogP contribution in [0.5, 0.6) is 0 Å². The molecule has 26 heavy (non-hydrogen) atoms. The number of nitrogens with one attached hydrogen (secondary N) is 3. The van der Waals surface area contributed by atoms with Gasteiger partial charge in [0.2, 0.25) is 5.12 Å². The fraction of sp³-hybridized carbons (Fsp3) is 0.714. The van der Waals surface area contributed by atoms with Gasteiger partial charge in [-0.15, -0.1) is 0 Å². The second-order valence-corrected chi connectivity index (χ2v) is 6.45. The fourth-order valence-electron chi connectivity index (χ4n) is 1.94. The van der Waals surface area contributed by atoms with Gasteiger partial charge in [0.1, 0.15) is 6.04 Å². The number of carbonyl (C=O) groups is 4. The Morgan fingerprint density at radius 2 is 1.38 bits per heavy atom. The van der Waals surface area contributed by atoms with Crippen LogP contribution in [0.1, 0.15) is 38.5 Å². The zero-order valence-corrected chi connectivity index (χ0v) is 15.3. The van der Waals surface area contributed by atoms with Crippen LogP contribution in [-0.2, 0) is 9.59 Å². The molecule has 0 saturated carbocycles. The summed E-state index contributed by atoms with van der Waals surface area (Å²) in [4.78, 5) is 44.1. The Bertz CT molecular complexity index is 479. The minimum Gasteiger partial charge on any atom is -0.480 e. The van der Waals surface area contributed by atoms with Crippen molar-refractivity contribution in [2.75, 3.05) is 13.1 Å². The number of hydrogen-bond acceptors (Lipinski definition) is 7. The summed E-state index contributed by atoms with van der Waals surface area (Å²) in [5.41, 5.74) is 15.6. The lowest BCUT2D eigenvalue weighted by atomic mass is 10.1. The molecule has 150 valence electrons. The van der Waals surface area contributed by atoms with E-state index in [4.69, 9.17) is 22.3 Å². The molecule has 0 rings (SSSR count). The highest BCUT2D eigenvalue weighted by molar-refractivity contribution is 8.12. The monoisotopic (exact) mass is 392 g/mol. The van der Waals surface area contributed by atoms with Gasteiger partial charge in [-0.1, -0.05) is 0 Å². The van der Waals surface area contributed by atoms with Gasteiger partial charge in [-0.3, -0.25) is 9.59 Å². The molecule has 0 spiro atoms. The molecule has 0 radical (unpaired) electrons. The van der Waals surface area contributed by atoms with E-state index in [-0.39, 0.29) is 5.12 Å². The van der Waals surface area contributed by atoms with Crippen LogP contribution in [0, 0.1) is 0 Å². The van der Waals surface area contributed by atoms with E-state index in [2.05, 4.69) is 15.4 Å². The molecule has 0 saturated heterocycles. The molecule has 0 aliphatic carbocycles. The number of nitrogens with two attached hydrogens (primary N) is 3. The first kappa shape index (κ1) is 23.9. The summed E-state index contributed by atoms with van der Waals surface area (Å²) in [6.07, 6.45) is 3.10. The van der Waals surface area contributed by atoms with Crippen molar-refractivity contribution in [3.05, 3.63) is 0 Å². The number of rotatable bonds is 14. The summed E-state index contributed by atoms with van der Waals surface area (Å²) in [5, 5.41) is 13.7. The molecular formula is C14H28N6O5S. The number of carboxylic acid groups (broad SMARTS) is 1. The summed E-state index contributed by atoms with van der Waals surface area (Å²) >= 11 is 0.684. The van der Waals surface area contributed by atoms with E-state index in [1.54, 1.807) is 0 Å². The lowest BCUT2D eigenvalue weighted by Gasteiger charge is -2.15. The van der Waals surface area contributed by atoms with Crippen molar-refractivity contribution in [3.63, 3.8) is 0 Å². The highest BCUT2D eigenvalue weighted by atomic mass is 32.2. The van der Waals surface area contributed by atoms with E-state index in [0.717, 1.165) is 0 Å². The number of amides is 4. The van der Waals surface area contributed by atoms with Crippen molar-refractivity contribution in [2.45, 2.75) is 50.6 Å². The summed E-state index contributed by atoms with van der Waals surface area (Å²) in [7, 11) is 0. The quantitative estimate of drug-likeness (QED) is 0.147. The molecule has 0 aliphatic rings. The largest absolute Gasteiger partial charge is 0.480 e. The van der Waals surface area contributed by atoms with Gasteiger partial charge in [0.05, 0.1) is 6.04 Å². The van der Waals surface area contributed by atoms with Crippen molar-refractivity contribution >= 4 is 35.1 Å². The molecule has 0 aromatic carbocycles. The number of primary amides is 2. The van der Waals surface area contributed by atoms with Crippen molar-refractivity contribution in [1.29, 1.82) is 0 Å². The number of hydrogen-bond donors (Lipinski definition) is 7. The third kappa shape index (κ3) is 13.3.